The molecular weight excluding hydrogens is 290 g/mol. The van der Waals surface area contributed by atoms with E-state index in [0.29, 0.717) is 27.3 Å². The average molecular weight is 307 g/mol. The Kier molecular flexibility index (Phi) is 4.69. The molecule has 0 bridgehead atoms. The van der Waals surface area contributed by atoms with Crippen LogP contribution < -0.4 is 11.5 Å². The molecule has 0 aromatic carbocycles. The first-order valence-electron chi connectivity index (χ1n) is 6.61. The first-order chi connectivity index (χ1) is 10.0. The number of nitrogen functional groups attached to an aromatic ring is 1. The van der Waals surface area contributed by atoms with Crippen LogP contribution in [0.4, 0.5) is 5.69 Å². The molecule has 2 rings (SSSR count). The summed E-state index contributed by atoms with van der Waals surface area (Å²) in [6, 6.07) is 1.72. The van der Waals surface area contributed by atoms with E-state index in [4.69, 9.17) is 11.5 Å². The Balaban J connectivity index is 2.33. The van der Waals surface area contributed by atoms with Gasteiger partial charge in [-0.2, -0.15) is 5.10 Å². The van der Waals surface area contributed by atoms with Crippen LogP contribution in [-0.2, 0) is 4.79 Å². The third kappa shape index (κ3) is 3.27. The van der Waals surface area contributed by atoms with Gasteiger partial charge in [0.15, 0.2) is 0 Å². The lowest BCUT2D eigenvalue weighted by molar-refractivity contribution is -0.118. The lowest BCUT2D eigenvalue weighted by atomic mass is 10.2. The normalized spacial score (nSPS) is 10.7. The quantitative estimate of drug-likeness (QED) is 0.826. The van der Waals surface area contributed by atoms with Crippen molar-refractivity contribution in [1.82, 2.24) is 15.1 Å². The fourth-order valence-corrected chi connectivity index (χ4v) is 2.97. The number of unbranched alkanes of at least 4 members (excludes halogenated alkanes) is 1. The molecule has 0 atom stereocenters. The Morgan fingerprint density at radius 3 is 2.81 bits per heavy atom. The number of hydrogen-bond donors (Lipinski definition) is 2. The molecule has 7 nitrogen and oxygen atoms in total. The van der Waals surface area contributed by atoms with Crippen molar-refractivity contribution < 1.29 is 9.59 Å². The smallest absolute Gasteiger partial charge is 0.266 e. The van der Waals surface area contributed by atoms with Crippen molar-refractivity contribution in [3.05, 3.63) is 17.1 Å². The fourth-order valence-electron chi connectivity index (χ4n) is 1.97. The summed E-state index contributed by atoms with van der Waals surface area (Å²) >= 11 is 1.18. The maximum absolute atomic E-state index is 12.6. The number of hydrogen-bond acceptors (Lipinski definition) is 6. The third-order valence-corrected chi connectivity index (χ3v) is 4.12. The van der Waals surface area contributed by atoms with Gasteiger partial charge in [0.05, 0.1) is 18.4 Å². The van der Waals surface area contributed by atoms with Crippen LogP contribution in [0.25, 0.3) is 10.2 Å². The number of nitrogens with two attached hydrogens (primary N) is 2. The minimum atomic E-state index is -0.543. The highest BCUT2D eigenvalue weighted by atomic mass is 32.1. The topological polar surface area (TPSA) is 115 Å². The molecule has 0 unspecified atom stereocenters. The number of fused-ring (bicyclic) bond motifs is 1. The van der Waals surface area contributed by atoms with Gasteiger partial charge in [0.2, 0.25) is 5.91 Å². The Hall–Kier alpha value is -2.22. The maximum Gasteiger partial charge on any atom is 0.266 e. The minimum Gasteiger partial charge on any atom is -0.397 e. The molecule has 0 saturated carbocycles. The molecule has 0 aliphatic carbocycles. The van der Waals surface area contributed by atoms with Crippen LogP contribution in [-0.4, -0.2) is 40.0 Å². The number of thiophene rings is 1. The summed E-state index contributed by atoms with van der Waals surface area (Å²) in [4.78, 5) is 26.1. The molecule has 2 aromatic rings. The number of rotatable bonds is 6. The second kappa shape index (κ2) is 6.49. The van der Waals surface area contributed by atoms with E-state index in [1.165, 1.54) is 22.4 Å². The number of nitrogens with zero attached hydrogens (tertiary/aromatic N) is 3. The van der Waals surface area contributed by atoms with E-state index in [2.05, 4.69) is 10.2 Å². The van der Waals surface area contributed by atoms with Crippen molar-refractivity contribution in [1.29, 1.82) is 0 Å². The zero-order chi connectivity index (χ0) is 15.4. The van der Waals surface area contributed by atoms with Crippen LogP contribution >= 0.6 is 11.3 Å². The van der Waals surface area contributed by atoms with Crippen LogP contribution in [0.1, 0.15) is 29.4 Å². The number of carbonyl (C=O) groups excluding carboxylic acids is 2. The van der Waals surface area contributed by atoms with Crippen molar-refractivity contribution in [2.45, 2.75) is 19.8 Å². The Morgan fingerprint density at radius 2 is 2.19 bits per heavy atom. The van der Waals surface area contributed by atoms with Gasteiger partial charge in [-0.25, -0.2) is 0 Å². The maximum atomic E-state index is 12.6. The fraction of sp³-hybridized carbons (Fsp3) is 0.385. The van der Waals surface area contributed by atoms with Gasteiger partial charge in [0.25, 0.3) is 5.91 Å². The second-order valence-electron chi connectivity index (χ2n) is 4.64. The minimum absolute atomic E-state index is 0.113. The van der Waals surface area contributed by atoms with Gasteiger partial charge in [0, 0.05) is 11.9 Å². The van der Waals surface area contributed by atoms with Gasteiger partial charge in [-0.3, -0.25) is 9.59 Å². The second-order valence-corrected chi connectivity index (χ2v) is 5.64. The first-order valence-corrected chi connectivity index (χ1v) is 7.43. The molecule has 2 aromatic heterocycles. The molecule has 0 aliphatic rings. The number of anilines is 1. The van der Waals surface area contributed by atoms with Gasteiger partial charge in [-0.15, -0.1) is 16.4 Å². The summed E-state index contributed by atoms with van der Waals surface area (Å²) in [7, 11) is 0. The molecule has 2 amide bonds. The molecule has 0 radical (unpaired) electrons. The molecule has 0 saturated heterocycles. The van der Waals surface area contributed by atoms with Crippen molar-refractivity contribution in [2.75, 3.05) is 18.8 Å². The van der Waals surface area contributed by atoms with Gasteiger partial charge in [-0.1, -0.05) is 13.3 Å². The van der Waals surface area contributed by atoms with Crippen molar-refractivity contribution in [2.24, 2.45) is 5.73 Å². The summed E-state index contributed by atoms with van der Waals surface area (Å²) in [5, 5.41) is 8.43. The summed E-state index contributed by atoms with van der Waals surface area (Å²) in [5.74, 6) is -0.832. The molecular formula is C13H17N5O2S. The molecule has 2 heterocycles. The molecule has 0 aliphatic heterocycles. The van der Waals surface area contributed by atoms with Gasteiger partial charge in [-0.05, 0) is 12.5 Å². The number of primary amides is 1. The highest BCUT2D eigenvalue weighted by Gasteiger charge is 2.23. The largest absolute Gasteiger partial charge is 0.397 e. The first kappa shape index (κ1) is 15.2. The highest BCUT2D eigenvalue weighted by Crippen LogP contribution is 2.32. The van der Waals surface area contributed by atoms with E-state index in [-0.39, 0.29) is 12.5 Å². The van der Waals surface area contributed by atoms with Crippen LogP contribution in [0, 0.1) is 0 Å². The van der Waals surface area contributed by atoms with E-state index >= 15 is 0 Å². The van der Waals surface area contributed by atoms with Crippen molar-refractivity contribution >= 4 is 39.1 Å². The summed E-state index contributed by atoms with van der Waals surface area (Å²) < 4.78 is 0. The van der Waals surface area contributed by atoms with E-state index < -0.39 is 5.91 Å². The molecule has 4 N–H and O–H groups in total. The van der Waals surface area contributed by atoms with Gasteiger partial charge in [0.1, 0.15) is 9.71 Å². The molecule has 21 heavy (non-hydrogen) atoms. The molecule has 0 fully saturated rings. The Morgan fingerprint density at radius 1 is 1.43 bits per heavy atom. The van der Waals surface area contributed by atoms with Crippen LogP contribution in [0.2, 0.25) is 0 Å². The van der Waals surface area contributed by atoms with Crippen molar-refractivity contribution in [3.63, 3.8) is 0 Å². The van der Waals surface area contributed by atoms with Gasteiger partial charge < -0.3 is 16.4 Å². The zero-order valence-electron chi connectivity index (χ0n) is 11.7. The number of carbonyl (C=O) groups is 2. The Bertz CT molecular complexity index is 670. The lowest BCUT2D eigenvalue weighted by Gasteiger charge is -2.20. The van der Waals surface area contributed by atoms with Gasteiger partial charge >= 0.3 is 0 Å². The number of amides is 2. The van der Waals surface area contributed by atoms with Crippen LogP contribution in [0.5, 0.6) is 0 Å². The highest BCUT2D eigenvalue weighted by molar-refractivity contribution is 7.21. The van der Waals surface area contributed by atoms with E-state index in [1.54, 1.807) is 6.07 Å². The van der Waals surface area contributed by atoms with Crippen LogP contribution in [0.15, 0.2) is 12.3 Å². The summed E-state index contributed by atoms with van der Waals surface area (Å²) in [5.41, 5.74) is 11.6. The molecule has 0 spiro atoms. The summed E-state index contributed by atoms with van der Waals surface area (Å²) in [6.45, 7) is 2.37. The SMILES string of the molecule is CCCCN(CC(N)=O)C(=O)c1sc2nnccc2c1N. The van der Waals surface area contributed by atoms with Crippen LogP contribution in [0.3, 0.4) is 0 Å². The van der Waals surface area contributed by atoms with E-state index in [9.17, 15) is 9.59 Å². The van der Waals surface area contributed by atoms with E-state index in [1.807, 2.05) is 6.92 Å². The molecule has 112 valence electrons. The van der Waals surface area contributed by atoms with Crippen molar-refractivity contribution in [3.8, 4) is 0 Å². The molecule has 8 heteroatoms. The van der Waals surface area contributed by atoms with E-state index in [0.717, 1.165) is 12.8 Å². The monoisotopic (exact) mass is 307 g/mol. The predicted octanol–water partition coefficient (Wildman–Crippen LogP) is 1.00. The lowest BCUT2D eigenvalue weighted by Crippen LogP contribution is -2.39. The standard InChI is InChI=1S/C13H17N5O2S/c1-2-3-6-18(7-9(14)19)13(20)11-10(15)8-4-5-16-17-12(8)21-11/h4-5H,2-3,6-7,15H2,1H3,(H2,14,19). The average Bonchev–Trinajstić information content (AvgIpc) is 2.80. The zero-order valence-corrected chi connectivity index (χ0v) is 12.5. The Labute approximate surface area is 125 Å². The number of aromatic nitrogens is 2. The third-order valence-electron chi connectivity index (χ3n) is 3.03. The summed E-state index contributed by atoms with van der Waals surface area (Å²) in [6.07, 6.45) is 3.23. The predicted molar refractivity (Wildman–Crippen MR) is 81.8 cm³/mol.